The van der Waals surface area contributed by atoms with Crippen molar-refractivity contribution in [2.24, 2.45) is 46.3 Å². The fourth-order valence-electron chi connectivity index (χ4n) is 8.92. The van der Waals surface area contributed by atoms with Crippen LogP contribution in [0.2, 0.25) is 0 Å². The van der Waals surface area contributed by atoms with E-state index in [1.54, 1.807) is 0 Å². The van der Waals surface area contributed by atoms with E-state index >= 15 is 0 Å². The average Bonchev–Trinajstić information content (AvgIpc) is 2.98. The minimum absolute atomic E-state index is 0.00648. The Hall–Kier alpha value is -0.610. The smallest absolute Gasteiger partial charge is 0.222 e. The molecule has 0 radical (unpaired) electrons. The fraction of sp³-hybridized carbons (Fsp3) is 0.963. The SMILES string of the molecule is CC(C)CCC[C@@H](C)[C@H]1CC[C@H]2[C@@H]3CC(=O)N[C@@]4(O)C[C@@H](O)CC[C@]4(C)[C@H]3CC[C@]12C. The highest BCUT2D eigenvalue weighted by Gasteiger charge is 2.64. The predicted molar refractivity (Wildman–Crippen MR) is 124 cm³/mol. The molecule has 178 valence electrons. The molecule has 0 aromatic heterocycles. The van der Waals surface area contributed by atoms with Crippen LogP contribution in [0.1, 0.15) is 105 Å². The minimum atomic E-state index is -1.27. The summed E-state index contributed by atoms with van der Waals surface area (Å²) in [6, 6.07) is 0. The van der Waals surface area contributed by atoms with Gasteiger partial charge >= 0.3 is 0 Å². The summed E-state index contributed by atoms with van der Waals surface area (Å²) in [7, 11) is 0. The van der Waals surface area contributed by atoms with Crippen LogP contribution in [-0.4, -0.2) is 27.9 Å². The molecular weight excluding hydrogens is 386 g/mol. The third kappa shape index (κ3) is 3.88. The number of amides is 1. The van der Waals surface area contributed by atoms with Crippen LogP contribution in [0.5, 0.6) is 0 Å². The number of hydrogen-bond donors (Lipinski definition) is 3. The molecule has 1 amide bonds. The van der Waals surface area contributed by atoms with Gasteiger partial charge in [0.25, 0.3) is 0 Å². The van der Waals surface area contributed by atoms with E-state index in [2.05, 4.69) is 39.9 Å². The molecular formula is C27H47NO3. The van der Waals surface area contributed by atoms with Crippen LogP contribution < -0.4 is 5.32 Å². The summed E-state index contributed by atoms with van der Waals surface area (Å²) in [6.45, 7) is 11.9. The topological polar surface area (TPSA) is 69.6 Å². The molecule has 0 bridgehead atoms. The van der Waals surface area contributed by atoms with Crippen LogP contribution in [-0.2, 0) is 4.79 Å². The normalized spacial score (nSPS) is 48.4. The number of fused-ring (bicyclic) bond motifs is 5. The highest BCUT2D eigenvalue weighted by Crippen LogP contribution is 2.66. The second-order valence-electron chi connectivity index (χ2n) is 12.8. The van der Waals surface area contributed by atoms with Crippen LogP contribution in [0.25, 0.3) is 0 Å². The molecule has 1 aliphatic heterocycles. The third-order valence-corrected chi connectivity index (χ3v) is 10.7. The molecule has 1 heterocycles. The summed E-state index contributed by atoms with van der Waals surface area (Å²) in [5.74, 6) is 3.60. The second kappa shape index (κ2) is 8.31. The van der Waals surface area contributed by atoms with Crippen LogP contribution in [0.3, 0.4) is 0 Å². The maximum absolute atomic E-state index is 13.0. The molecule has 1 saturated heterocycles. The lowest BCUT2D eigenvalue weighted by Crippen LogP contribution is -2.64. The molecule has 0 unspecified atom stereocenters. The van der Waals surface area contributed by atoms with Gasteiger partial charge in [-0.2, -0.15) is 0 Å². The molecule has 3 saturated carbocycles. The Morgan fingerprint density at radius 3 is 2.48 bits per heavy atom. The molecule has 3 N–H and O–H groups in total. The van der Waals surface area contributed by atoms with Gasteiger partial charge in [0.2, 0.25) is 5.91 Å². The Morgan fingerprint density at radius 2 is 1.77 bits per heavy atom. The van der Waals surface area contributed by atoms with E-state index < -0.39 is 11.8 Å². The van der Waals surface area contributed by atoms with Crippen LogP contribution in [0.4, 0.5) is 0 Å². The van der Waals surface area contributed by atoms with Crippen molar-refractivity contribution in [1.82, 2.24) is 5.32 Å². The Balaban J connectivity index is 1.57. The monoisotopic (exact) mass is 433 g/mol. The van der Waals surface area contributed by atoms with E-state index in [9.17, 15) is 15.0 Å². The van der Waals surface area contributed by atoms with Crippen molar-refractivity contribution in [3.63, 3.8) is 0 Å². The number of carbonyl (C=O) groups excluding carboxylic acids is 1. The lowest BCUT2D eigenvalue weighted by Gasteiger charge is -2.58. The van der Waals surface area contributed by atoms with Gasteiger partial charge in [-0.05, 0) is 79.4 Å². The molecule has 4 aliphatic rings. The van der Waals surface area contributed by atoms with Crippen molar-refractivity contribution in [2.45, 2.75) is 117 Å². The van der Waals surface area contributed by atoms with Crippen LogP contribution in [0, 0.1) is 46.3 Å². The maximum Gasteiger partial charge on any atom is 0.222 e. The zero-order valence-corrected chi connectivity index (χ0v) is 20.6. The Bertz CT molecular complexity index is 679. The van der Waals surface area contributed by atoms with Gasteiger partial charge in [0, 0.05) is 18.3 Å². The number of rotatable bonds is 5. The van der Waals surface area contributed by atoms with Crippen molar-refractivity contribution in [2.75, 3.05) is 0 Å². The van der Waals surface area contributed by atoms with E-state index in [1.807, 2.05) is 0 Å². The summed E-state index contributed by atoms with van der Waals surface area (Å²) in [5.41, 5.74) is -1.28. The molecule has 0 spiro atoms. The standard InChI is InChI=1S/C27H47NO3/c1-17(2)7-6-8-18(3)21-9-10-22-20-15-24(30)28-27(31)16-19(29)11-14-26(27,5)23(20)12-13-25(21,22)4/h17-23,29,31H,6-16H2,1-5H3,(H,28,30)/t18-,19+,20+,21-,22+,23+,25-,26-,27-/m1/s1. The summed E-state index contributed by atoms with van der Waals surface area (Å²) in [5, 5.41) is 24.9. The van der Waals surface area contributed by atoms with Gasteiger partial charge in [0.05, 0.1) is 6.10 Å². The van der Waals surface area contributed by atoms with E-state index in [0.717, 1.165) is 37.0 Å². The first-order valence-corrected chi connectivity index (χ1v) is 13.2. The third-order valence-electron chi connectivity index (χ3n) is 10.7. The van der Waals surface area contributed by atoms with Crippen LogP contribution in [0.15, 0.2) is 0 Å². The van der Waals surface area contributed by atoms with Gasteiger partial charge in [0.1, 0.15) is 5.72 Å². The molecule has 9 atom stereocenters. The molecule has 0 aromatic rings. The number of carbonyl (C=O) groups is 1. The van der Waals surface area contributed by atoms with E-state index in [0.29, 0.717) is 29.6 Å². The lowest BCUT2D eigenvalue weighted by atomic mass is 9.48. The van der Waals surface area contributed by atoms with Crippen LogP contribution >= 0.6 is 0 Å². The Labute approximate surface area is 190 Å². The minimum Gasteiger partial charge on any atom is -0.393 e. The number of hydrogen-bond acceptors (Lipinski definition) is 3. The molecule has 4 rings (SSSR count). The van der Waals surface area contributed by atoms with Gasteiger partial charge in [-0.3, -0.25) is 4.79 Å². The second-order valence-corrected chi connectivity index (χ2v) is 12.8. The highest BCUT2D eigenvalue weighted by molar-refractivity contribution is 5.77. The lowest BCUT2D eigenvalue weighted by molar-refractivity contribution is -0.194. The zero-order valence-electron chi connectivity index (χ0n) is 20.6. The Kier molecular flexibility index (Phi) is 6.31. The summed E-state index contributed by atoms with van der Waals surface area (Å²) in [6.07, 6.45) is 10.7. The number of aliphatic hydroxyl groups excluding tert-OH is 1. The zero-order chi connectivity index (χ0) is 22.6. The van der Waals surface area contributed by atoms with E-state index in [4.69, 9.17) is 0 Å². The first kappa shape index (κ1) is 23.5. The average molecular weight is 434 g/mol. The van der Waals surface area contributed by atoms with Gasteiger partial charge < -0.3 is 15.5 Å². The number of aliphatic hydroxyl groups is 2. The van der Waals surface area contributed by atoms with Crippen molar-refractivity contribution < 1.29 is 15.0 Å². The fourth-order valence-corrected chi connectivity index (χ4v) is 8.92. The maximum atomic E-state index is 13.0. The first-order valence-electron chi connectivity index (χ1n) is 13.2. The summed E-state index contributed by atoms with van der Waals surface area (Å²) in [4.78, 5) is 13.0. The van der Waals surface area contributed by atoms with E-state index in [1.165, 1.54) is 38.5 Å². The molecule has 0 aromatic carbocycles. The number of nitrogens with one attached hydrogen (secondary N) is 1. The van der Waals surface area contributed by atoms with Gasteiger partial charge in [-0.15, -0.1) is 0 Å². The summed E-state index contributed by atoms with van der Waals surface area (Å²) >= 11 is 0. The highest BCUT2D eigenvalue weighted by atomic mass is 16.3. The molecule has 4 heteroatoms. The van der Waals surface area contributed by atoms with Gasteiger partial charge in [0.15, 0.2) is 0 Å². The quantitative estimate of drug-likeness (QED) is 0.553. The van der Waals surface area contributed by atoms with E-state index in [-0.39, 0.29) is 17.7 Å². The predicted octanol–water partition coefficient (Wildman–Crippen LogP) is 5.27. The summed E-state index contributed by atoms with van der Waals surface area (Å²) < 4.78 is 0. The van der Waals surface area contributed by atoms with Crippen molar-refractivity contribution in [3.05, 3.63) is 0 Å². The molecule has 4 nitrogen and oxygen atoms in total. The molecule has 3 aliphatic carbocycles. The molecule has 4 fully saturated rings. The van der Waals surface area contributed by atoms with Crippen molar-refractivity contribution in [1.29, 1.82) is 0 Å². The Morgan fingerprint density at radius 1 is 1.03 bits per heavy atom. The van der Waals surface area contributed by atoms with Gasteiger partial charge in [-0.1, -0.05) is 53.9 Å². The first-order chi connectivity index (χ1) is 14.5. The van der Waals surface area contributed by atoms with Crippen molar-refractivity contribution in [3.8, 4) is 0 Å². The van der Waals surface area contributed by atoms with Gasteiger partial charge in [-0.25, -0.2) is 0 Å². The largest absolute Gasteiger partial charge is 0.393 e. The molecule has 31 heavy (non-hydrogen) atoms. The van der Waals surface area contributed by atoms with Crippen molar-refractivity contribution >= 4 is 5.91 Å².